The first-order chi connectivity index (χ1) is 13.3. The Morgan fingerprint density at radius 2 is 1.68 bits per heavy atom. The number of amides is 2. The second kappa shape index (κ2) is 8.63. The Bertz CT molecular complexity index is 828. The molecule has 2 aromatic carbocycles. The van der Waals surface area contributed by atoms with Crippen molar-refractivity contribution in [1.29, 1.82) is 0 Å². The molecule has 3 rings (SSSR count). The van der Waals surface area contributed by atoms with Crippen LogP contribution in [0.4, 0.5) is 4.79 Å². The minimum absolute atomic E-state index is 0.00729. The fourth-order valence-corrected chi connectivity index (χ4v) is 3.74. The van der Waals surface area contributed by atoms with E-state index in [4.69, 9.17) is 4.74 Å². The molecule has 2 aromatic rings. The van der Waals surface area contributed by atoms with Gasteiger partial charge in [0.25, 0.3) is 5.91 Å². The van der Waals surface area contributed by atoms with Crippen molar-refractivity contribution in [3.8, 4) is 0 Å². The van der Waals surface area contributed by atoms with Crippen molar-refractivity contribution in [3.63, 3.8) is 0 Å². The molecule has 0 heterocycles. The molecule has 2 N–H and O–H groups in total. The fraction of sp³-hybridized carbons (Fsp3) is 0.478. The van der Waals surface area contributed by atoms with Crippen LogP contribution in [0.5, 0.6) is 0 Å². The molecule has 1 fully saturated rings. The Morgan fingerprint density at radius 1 is 1.00 bits per heavy atom. The molecule has 0 aliphatic heterocycles. The molecule has 0 unspecified atom stereocenters. The van der Waals surface area contributed by atoms with Gasteiger partial charge in [0, 0.05) is 18.2 Å². The van der Waals surface area contributed by atoms with Gasteiger partial charge in [-0.3, -0.25) is 4.79 Å². The summed E-state index contributed by atoms with van der Waals surface area (Å²) in [5.74, 6) is 0.422. The van der Waals surface area contributed by atoms with Gasteiger partial charge < -0.3 is 15.4 Å². The number of alkyl carbamates (subject to hydrolysis) is 1. The summed E-state index contributed by atoms with van der Waals surface area (Å²) in [7, 11) is 0. The van der Waals surface area contributed by atoms with Crippen molar-refractivity contribution in [2.24, 2.45) is 5.92 Å². The minimum Gasteiger partial charge on any atom is -0.444 e. The third-order valence-corrected chi connectivity index (χ3v) is 5.15. The van der Waals surface area contributed by atoms with Crippen LogP contribution in [0.3, 0.4) is 0 Å². The van der Waals surface area contributed by atoms with Gasteiger partial charge in [0.15, 0.2) is 0 Å². The van der Waals surface area contributed by atoms with E-state index < -0.39 is 5.60 Å². The topological polar surface area (TPSA) is 67.4 Å². The quantitative estimate of drug-likeness (QED) is 0.809. The van der Waals surface area contributed by atoms with Gasteiger partial charge in [-0.1, -0.05) is 36.4 Å². The van der Waals surface area contributed by atoms with Crippen LogP contribution in [0.1, 0.15) is 56.8 Å². The normalized spacial score (nSPS) is 19.8. The lowest BCUT2D eigenvalue weighted by atomic mass is 9.86. The lowest BCUT2D eigenvalue weighted by Gasteiger charge is -2.29. The van der Waals surface area contributed by atoms with E-state index in [0.29, 0.717) is 12.5 Å². The molecule has 0 spiro atoms. The lowest BCUT2D eigenvalue weighted by molar-refractivity contribution is 0.0514. The summed E-state index contributed by atoms with van der Waals surface area (Å²) in [6.07, 6.45) is 3.46. The van der Waals surface area contributed by atoms with E-state index in [-0.39, 0.29) is 18.0 Å². The molecule has 28 heavy (non-hydrogen) atoms. The van der Waals surface area contributed by atoms with Gasteiger partial charge in [-0.15, -0.1) is 0 Å². The summed E-state index contributed by atoms with van der Waals surface area (Å²) >= 11 is 0. The van der Waals surface area contributed by atoms with Crippen molar-refractivity contribution in [2.45, 2.75) is 58.1 Å². The molecule has 1 aliphatic rings. The van der Waals surface area contributed by atoms with Gasteiger partial charge in [-0.25, -0.2) is 4.79 Å². The zero-order chi connectivity index (χ0) is 20.1. The summed E-state index contributed by atoms with van der Waals surface area (Å²) in [5, 5.41) is 8.11. The monoisotopic (exact) mass is 382 g/mol. The lowest BCUT2D eigenvalue weighted by Crippen LogP contribution is -2.40. The average Bonchev–Trinajstić information content (AvgIpc) is 2.65. The molecular formula is C23H30N2O3. The van der Waals surface area contributed by atoms with Crippen LogP contribution in [0.25, 0.3) is 10.8 Å². The predicted octanol–water partition coefficient (Wildman–Crippen LogP) is 4.65. The van der Waals surface area contributed by atoms with Crippen LogP contribution in [0.2, 0.25) is 0 Å². The predicted molar refractivity (Wildman–Crippen MR) is 111 cm³/mol. The molecule has 0 bridgehead atoms. The Balaban J connectivity index is 1.48. The van der Waals surface area contributed by atoms with E-state index in [1.54, 1.807) is 0 Å². The van der Waals surface area contributed by atoms with Gasteiger partial charge in [0.05, 0.1) is 0 Å². The highest BCUT2D eigenvalue weighted by atomic mass is 16.6. The molecule has 0 saturated heterocycles. The van der Waals surface area contributed by atoms with Crippen LogP contribution in [0, 0.1) is 5.92 Å². The number of rotatable bonds is 4. The number of benzene rings is 2. The number of carbonyl (C=O) groups excluding carboxylic acids is 2. The Kier molecular flexibility index (Phi) is 6.22. The summed E-state index contributed by atoms with van der Waals surface area (Å²) in [4.78, 5) is 24.6. The van der Waals surface area contributed by atoms with E-state index in [1.165, 1.54) is 0 Å². The van der Waals surface area contributed by atoms with Crippen LogP contribution >= 0.6 is 0 Å². The second-order valence-electron chi connectivity index (χ2n) is 8.60. The van der Waals surface area contributed by atoms with Crippen LogP contribution in [-0.4, -0.2) is 30.2 Å². The molecule has 1 aliphatic carbocycles. The van der Waals surface area contributed by atoms with Gasteiger partial charge >= 0.3 is 6.09 Å². The van der Waals surface area contributed by atoms with Crippen molar-refractivity contribution < 1.29 is 14.3 Å². The number of hydrogen-bond donors (Lipinski definition) is 2. The summed E-state index contributed by atoms with van der Waals surface area (Å²) in [6.45, 7) is 6.20. The highest BCUT2D eigenvalue weighted by Crippen LogP contribution is 2.25. The first kappa shape index (κ1) is 20.2. The van der Waals surface area contributed by atoms with Crippen molar-refractivity contribution >= 4 is 22.8 Å². The van der Waals surface area contributed by atoms with E-state index in [2.05, 4.69) is 10.6 Å². The molecule has 0 aromatic heterocycles. The average molecular weight is 383 g/mol. The van der Waals surface area contributed by atoms with Crippen molar-refractivity contribution in [2.75, 3.05) is 6.54 Å². The van der Waals surface area contributed by atoms with Crippen molar-refractivity contribution in [1.82, 2.24) is 10.6 Å². The number of hydrogen-bond acceptors (Lipinski definition) is 3. The maximum Gasteiger partial charge on any atom is 0.407 e. The molecular weight excluding hydrogens is 352 g/mol. The molecule has 5 heteroatoms. The van der Waals surface area contributed by atoms with E-state index >= 15 is 0 Å². The third kappa shape index (κ3) is 5.47. The van der Waals surface area contributed by atoms with Crippen LogP contribution in [0.15, 0.2) is 42.5 Å². The van der Waals surface area contributed by atoms with Crippen LogP contribution < -0.4 is 10.6 Å². The van der Waals surface area contributed by atoms with Gasteiger partial charge in [-0.05, 0) is 69.2 Å². The second-order valence-corrected chi connectivity index (χ2v) is 8.60. The van der Waals surface area contributed by atoms with Gasteiger partial charge in [0.1, 0.15) is 5.60 Å². The van der Waals surface area contributed by atoms with Gasteiger partial charge in [-0.2, -0.15) is 0 Å². The Morgan fingerprint density at radius 3 is 2.39 bits per heavy atom. The van der Waals surface area contributed by atoms with Crippen molar-refractivity contribution in [3.05, 3.63) is 48.0 Å². The first-order valence-electron chi connectivity index (χ1n) is 10.1. The smallest absolute Gasteiger partial charge is 0.407 e. The zero-order valence-corrected chi connectivity index (χ0v) is 17.0. The minimum atomic E-state index is -0.479. The zero-order valence-electron chi connectivity index (χ0n) is 17.0. The number of fused-ring (bicyclic) bond motifs is 1. The van der Waals surface area contributed by atoms with E-state index in [1.807, 2.05) is 63.2 Å². The first-order valence-corrected chi connectivity index (χ1v) is 10.1. The third-order valence-electron chi connectivity index (χ3n) is 5.15. The SMILES string of the molecule is CC(C)(C)OC(=O)NCC1CCC(NC(=O)c2cccc3ccccc23)CC1. The van der Waals surface area contributed by atoms with Crippen LogP contribution in [-0.2, 0) is 4.74 Å². The van der Waals surface area contributed by atoms with Gasteiger partial charge in [0.2, 0.25) is 0 Å². The maximum atomic E-state index is 12.8. The highest BCUT2D eigenvalue weighted by molar-refractivity contribution is 6.07. The Labute approximate surface area is 166 Å². The molecule has 2 amide bonds. The summed E-state index contributed by atoms with van der Waals surface area (Å²) in [6, 6.07) is 14.0. The summed E-state index contributed by atoms with van der Waals surface area (Å²) in [5.41, 5.74) is 0.250. The standard InChI is InChI=1S/C23H30N2O3/c1-23(2,3)28-22(27)24-15-16-11-13-18(14-12-16)25-21(26)20-10-6-8-17-7-4-5-9-19(17)20/h4-10,16,18H,11-15H2,1-3H3,(H,24,27)(H,25,26). The number of ether oxygens (including phenoxy) is 1. The fourth-order valence-electron chi connectivity index (χ4n) is 3.74. The summed E-state index contributed by atoms with van der Waals surface area (Å²) < 4.78 is 5.28. The molecule has 150 valence electrons. The van der Waals surface area contributed by atoms with E-state index in [9.17, 15) is 9.59 Å². The molecule has 1 saturated carbocycles. The molecule has 5 nitrogen and oxygen atoms in total. The number of carbonyl (C=O) groups is 2. The van der Waals surface area contributed by atoms with E-state index in [0.717, 1.165) is 42.0 Å². The maximum absolute atomic E-state index is 12.8. The Hall–Kier alpha value is -2.56. The molecule has 0 radical (unpaired) electrons. The number of nitrogens with one attached hydrogen (secondary N) is 2. The molecule has 0 atom stereocenters. The highest BCUT2D eigenvalue weighted by Gasteiger charge is 2.24. The largest absolute Gasteiger partial charge is 0.444 e.